The molecule has 0 aliphatic heterocycles. The number of carbonyl (C=O) groups excluding carboxylic acids is 2. The minimum absolute atomic E-state index is 0.151. The Morgan fingerprint density at radius 1 is 1.08 bits per heavy atom. The molecule has 2 amide bonds. The molecule has 0 unspecified atom stereocenters. The summed E-state index contributed by atoms with van der Waals surface area (Å²) in [5.41, 5.74) is 5.11. The number of anilines is 1. The molecule has 0 fully saturated rings. The van der Waals surface area contributed by atoms with Gasteiger partial charge in [-0.3, -0.25) is 9.59 Å². The Hall–Kier alpha value is -3.22. The van der Waals surface area contributed by atoms with Crippen molar-refractivity contribution in [2.45, 2.75) is 6.92 Å². The fraction of sp³-hybridized carbons (Fsp3) is 0.211. The summed E-state index contributed by atoms with van der Waals surface area (Å²) >= 11 is 0. The van der Waals surface area contributed by atoms with Gasteiger partial charge in [0.15, 0.2) is 0 Å². The quantitative estimate of drug-likeness (QED) is 0.615. The Morgan fingerprint density at radius 3 is 2.38 bits per heavy atom. The van der Waals surface area contributed by atoms with E-state index in [0.717, 1.165) is 17.3 Å². The van der Waals surface area contributed by atoms with Gasteiger partial charge in [-0.2, -0.15) is 5.10 Å². The molecule has 0 radical (unpaired) electrons. The van der Waals surface area contributed by atoms with Crippen LogP contribution in [0.5, 0.6) is 0 Å². The second-order valence-electron chi connectivity index (χ2n) is 5.87. The molecule has 0 atom stereocenters. The van der Waals surface area contributed by atoms with Crippen molar-refractivity contribution in [1.29, 1.82) is 0 Å². The first kappa shape index (κ1) is 19.1. The molecule has 0 aromatic heterocycles. The van der Waals surface area contributed by atoms with Crippen molar-refractivity contribution < 1.29 is 14.0 Å². The highest BCUT2D eigenvalue weighted by Gasteiger charge is 2.08. The first-order valence-corrected chi connectivity index (χ1v) is 8.01. The maximum atomic E-state index is 13.1. The second kappa shape index (κ2) is 8.75. The normalized spacial score (nSPS) is 11.0. The summed E-state index contributed by atoms with van der Waals surface area (Å²) < 4.78 is 13.1. The van der Waals surface area contributed by atoms with E-state index in [9.17, 15) is 14.0 Å². The number of benzene rings is 2. The topological polar surface area (TPSA) is 73.8 Å². The molecule has 2 aromatic rings. The van der Waals surface area contributed by atoms with Crippen molar-refractivity contribution in [3.05, 3.63) is 65.5 Å². The molecule has 6 nitrogen and oxygen atoms in total. The van der Waals surface area contributed by atoms with E-state index >= 15 is 0 Å². The third kappa shape index (κ3) is 5.41. The molecule has 26 heavy (non-hydrogen) atoms. The third-order valence-corrected chi connectivity index (χ3v) is 3.65. The highest BCUT2D eigenvalue weighted by Crippen LogP contribution is 2.12. The summed E-state index contributed by atoms with van der Waals surface area (Å²) in [7, 11) is 3.91. The number of hydrogen-bond acceptors (Lipinski definition) is 4. The lowest BCUT2D eigenvalue weighted by molar-refractivity contribution is -0.120. The van der Waals surface area contributed by atoms with Crippen LogP contribution in [0.25, 0.3) is 0 Å². The minimum atomic E-state index is -0.528. The van der Waals surface area contributed by atoms with E-state index in [1.165, 1.54) is 18.2 Å². The van der Waals surface area contributed by atoms with Gasteiger partial charge in [-0.1, -0.05) is 18.2 Å². The van der Waals surface area contributed by atoms with Crippen LogP contribution in [0.4, 0.5) is 10.1 Å². The molecule has 2 N–H and O–H groups in total. The maximum Gasteiger partial charge on any atom is 0.259 e. The monoisotopic (exact) mass is 356 g/mol. The summed E-state index contributed by atoms with van der Waals surface area (Å²) in [6, 6.07) is 13.0. The highest BCUT2D eigenvalue weighted by atomic mass is 19.1. The Labute approximate surface area is 151 Å². The van der Waals surface area contributed by atoms with Crippen molar-refractivity contribution in [2.75, 3.05) is 25.5 Å². The number of nitrogens with one attached hydrogen (secondary N) is 2. The number of halogens is 1. The summed E-state index contributed by atoms with van der Waals surface area (Å²) in [4.78, 5) is 25.6. The SMILES string of the molecule is C/C(=N/NC(=O)CNC(=O)c1cccc(F)c1)c1ccc(N(C)C)cc1. The van der Waals surface area contributed by atoms with Crippen molar-refractivity contribution in [3.8, 4) is 0 Å². The summed E-state index contributed by atoms with van der Waals surface area (Å²) in [6.07, 6.45) is 0. The van der Waals surface area contributed by atoms with E-state index in [-0.39, 0.29) is 12.1 Å². The van der Waals surface area contributed by atoms with E-state index < -0.39 is 17.6 Å². The Morgan fingerprint density at radius 2 is 1.77 bits per heavy atom. The number of hydrazone groups is 1. The lowest BCUT2D eigenvalue weighted by Gasteiger charge is -2.12. The van der Waals surface area contributed by atoms with Gasteiger partial charge in [0, 0.05) is 25.3 Å². The maximum absolute atomic E-state index is 13.1. The van der Waals surface area contributed by atoms with Crippen LogP contribution in [0.3, 0.4) is 0 Å². The number of carbonyl (C=O) groups is 2. The van der Waals surface area contributed by atoms with E-state index in [1.807, 2.05) is 43.3 Å². The number of nitrogens with zero attached hydrogens (tertiary/aromatic N) is 2. The Balaban J connectivity index is 1.87. The molecule has 7 heteroatoms. The number of hydrogen-bond donors (Lipinski definition) is 2. The van der Waals surface area contributed by atoms with Crippen LogP contribution >= 0.6 is 0 Å². The van der Waals surface area contributed by atoms with Crippen molar-refractivity contribution >= 4 is 23.2 Å². The van der Waals surface area contributed by atoms with Gasteiger partial charge in [0.05, 0.1) is 12.3 Å². The van der Waals surface area contributed by atoms with Gasteiger partial charge >= 0.3 is 0 Å². The van der Waals surface area contributed by atoms with Crippen LogP contribution < -0.4 is 15.6 Å². The number of rotatable bonds is 6. The fourth-order valence-corrected chi connectivity index (χ4v) is 2.14. The molecular formula is C19H21FN4O2. The largest absolute Gasteiger partial charge is 0.378 e. The van der Waals surface area contributed by atoms with E-state index in [4.69, 9.17) is 0 Å². The average Bonchev–Trinajstić information content (AvgIpc) is 2.64. The Kier molecular flexibility index (Phi) is 6.43. The Bertz CT molecular complexity index is 817. The fourth-order valence-electron chi connectivity index (χ4n) is 2.14. The van der Waals surface area contributed by atoms with Gasteiger partial charge in [0.25, 0.3) is 11.8 Å². The molecule has 0 heterocycles. The molecule has 0 aliphatic carbocycles. The standard InChI is InChI=1S/C19H21FN4O2/c1-13(14-7-9-17(10-8-14)24(2)3)22-23-18(25)12-21-19(26)15-5-4-6-16(20)11-15/h4-11H,12H2,1-3H3,(H,21,26)(H,23,25)/b22-13-. The van der Waals surface area contributed by atoms with Gasteiger partial charge in [0.2, 0.25) is 0 Å². The smallest absolute Gasteiger partial charge is 0.259 e. The molecule has 0 spiro atoms. The molecule has 136 valence electrons. The van der Waals surface area contributed by atoms with Crippen LogP contribution in [-0.2, 0) is 4.79 Å². The zero-order valence-electron chi connectivity index (χ0n) is 14.9. The summed E-state index contributed by atoms with van der Waals surface area (Å²) in [5.74, 6) is -1.51. The van der Waals surface area contributed by atoms with Crippen LogP contribution in [0.2, 0.25) is 0 Å². The molecule has 2 rings (SSSR count). The van der Waals surface area contributed by atoms with Gasteiger partial charge in [-0.05, 0) is 42.8 Å². The zero-order valence-corrected chi connectivity index (χ0v) is 14.9. The zero-order chi connectivity index (χ0) is 19.1. The molecule has 0 saturated carbocycles. The third-order valence-electron chi connectivity index (χ3n) is 3.65. The summed E-state index contributed by atoms with van der Waals surface area (Å²) in [5, 5.41) is 6.44. The molecule has 0 bridgehead atoms. The van der Waals surface area contributed by atoms with Crippen molar-refractivity contribution in [3.63, 3.8) is 0 Å². The molecular weight excluding hydrogens is 335 g/mol. The van der Waals surface area contributed by atoms with Crippen molar-refractivity contribution in [2.24, 2.45) is 5.10 Å². The first-order valence-electron chi connectivity index (χ1n) is 8.01. The molecule has 0 aliphatic rings. The molecule has 2 aromatic carbocycles. The lowest BCUT2D eigenvalue weighted by atomic mass is 10.1. The molecule has 0 saturated heterocycles. The number of amides is 2. The van der Waals surface area contributed by atoms with Crippen LogP contribution in [0.15, 0.2) is 53.6 Å². The van der Waals surface area contributed by atoms with Crippen LogP contribution in [-0.4, -0.2) is 38.2 Å². The average molecular weight is 356 g/mol. The predicted octanol–water partition coefficient (Wildman–Crippen LogP) is 2.16. The van der Waals surface area contributed by atoms with Crippen LogP contribution in [0.1, 0.15) is 22.8 Å². The van der Waals surface area contributed by atoms with Gasteiger partial charge in [0.1, 0.15) is 5.82 Å². The predicted molar refractivity (Wildman–Crippen MR) is 99.9 cm³/mol. The van der Waals surface area contributed by atoms with E-state index in [0.29, 0.717) is 5.71 Å². The van der Waals surface area contributed by atoms with Gasteiger partial charge in [-0.25, -0.2) is 9.82 Å². The van der Waals surface area contributed by atoms with E-state index in [1.54, 1.807) is 6.92 Å². The van der Waals surface area contributed by atoms with Crippen molar-refractivity contribution in [1.82, 2.24) is 10.7 Å². The van der Waals surface area contributed by atoms with E-state index in [2.05, 4.69) is 15.8 Å². The first-order chi connectivity index (χ1) is 12.4. The van der Waals surface area contributed by atoms with Gasteiger partial charge < -0.3 is 10.2 Å². The summed E-state index contributed by atoms with van der Waals surface area (Å²) in [6.45, 7) is 1.52. The lowest BCUT2D eigenvalue weighted by Crippen LogP contribution is -2.35. The van der Waals surface area contributed by atoms with Crippen LogP contribution in [0, 0.1) is 5.82 Å². The second-order valence-corrected chi connectivity index (χ2v) is 5.87. The highest BCUT2D eigenvalue weighted by molar-refractivity contribution is 6.00. The van der Waals surface area contributed by atoms with Gasteiger partial charge in [-0.15, -0.1) is 0 Å². The minimum Gasteiger partial charge on any atom is -0.378 e.